The van der Waals surface area contributed by atoms with Crippen LogP contribution in [0.3, 0.4) is 0 Å². The summed E-state index contributed by atoms with van der Waals surface area (Å²) in [6.45, 7) is 2.34. The Kier molecular flexibility index (Phi) is 4.34. The lowest BCUT2D eigenvalue weighted by Gasteiger charge is -2.20. The number of carbonyl (C=O) groups excluding carboxylic acids is 2. The Morgan fingerprint density at radius 1 is 1.40 bits per heavy atom. The van der Waals surface area contributed by atoms with Crippen molar-refractivity contribution in [1.29, 1.82) is 0 Å². The number of hydrogen-bond donors (Lipinski definition) is 2. The lowest BCUT2D eigenvalue weighted by molar-refractivity contribution is -0.131. The predicted octanol–water partition coefficient (Wildman–Crippen LogP) is 0.893. The summed E-state index contributed by atoms with van der Waals surface area (Å²) in [6, 6.07) is 4.34. The molecule has 1 aromatic rings. The first kappa shape index (κ1) is 14.5. The maximum absolute atomic E-state index is 12.9. The van der Waals surface area contributed by atoms with Gasteiger partial charge in [-0.3, -0.25) is 9.59 Å². The van der Waals surface area contributed by atoms with E-state index in [-0.39, 0.29) is 17.9 Å². The minimum Gasteiger partial charge on any atom is -0.378 e. The number of amides is 2. The van der Waals surface area contributed by atoms with Crippen LogP contribution in [0.4, 0.5) is 4.39 Å². The van der Waals surface area contributed by atoms with Gasteiger partial charge in [0.25, 0.3) is 0 Å². The third-order valence-electron chi connectivity index (χ3n) is 3.49. The van der Waals surface area contributed by atoms with Gasteiger partial charge in [-0.2, -0.15) is 0 Å². The van der Waals surface area contributed by atoms with Gasteiger partial charge >= 0.3 is 0 Å². The second-order valence-corrected chi connectivity index (χ2v) is 4.87. The number of ether oxygens (including phenoxy) is 1. The van der Waals surface area contributed by atoms with Crippen molar-refractivity contribution in [3.63, 3.8) is 0 Å². The molecule has 20 heavy (non-hydrogen) atoms. The smallest absolute Gasteiger partial charge is 0.244 e. The molecule has 6 heteroatoms. The maximum atomic E-state index is 12.9. The molecule has 0 bridgehead atoms. The third-order valence-corrected chi connectivity index (χ3v) is 3.49. The summed E-state index contributed by atoms with van der Waals surface area (Å²) in [6.07, 6.45) is 0.429. The van der Waals surface area contributed by atoms with Gasteiger partial charge in [0.1, 0.15) is 11.9 Å². The van der Waals surface area contributed by atoms with E-state index in [0.29, 0.717) is 18.6 Å². The highest BCUT2D eigenvalue weighted by molar-refractivity contribution is 5.88. The first-order valence-electron chi connectivity index (χ1n) is 6.46. The van der Waals surface area contributed by atoms with Crippen molar-refractivity contribution in [2.24, 2.45) is 11.7 Å². The zero-order chi connectivity index (χ0) is 14.7. The highest BCUT2D eigenvalue weighted by Gasteiger charge is 2.33. The predicted molar refractivity (Wildman–Crippen MR) is 70.0 cm³/mol. The Balaban J connectivity index is 2.11. The minimum absolute atomic E-state index is 0.184. The van der Waals surface area contributed by atoms with Crippen molar-refractivity contribution in [3.8, 4) is 0 Å². The van der Waals surface area contributed by atoms with Gasteiger partial charge in [0.2, 0.25) is 11.8 Å². The molecule has 0 spiro atoms. The first-order chi connectivity index (χ1) is 9.49. The Hall–Kier alpha value is -1.95. The molecule has 1 aliphatic rings. The second kappa shape index (κ2) is 6.00. The molecule has 3 atom stereocenters. The largest absolute Gasteiger partial charge is 0.378 e. The summed E-state index contributed by atoms with van der Waals surface area (Å²) in [5.74, 6) is -1.67. The Morgan fingerprint density at radius 3 is 2.55 bits per heavy atom. The number of halogens is 1. The van der Waals surface area contributed by atoms with E-state index in [2.05, 4.69) is 5.32 Å². The molecule has 108 valence electrons. The number of nitrogens with one attached hydrogen (secondary N) is 1. The average molecular weight is 280 g/mol. The zero-order valence-corrected chi connectivity index (χ0v) is 11.1. The van der Waals surface area contributed by atoms with Crippen LogP contribution in [0.25, 0.3) is 0 Å². The molecule has 1 fully saturated rings. The zero-order valence-electron chi connectivity index (χ0n) is 11.1. The molecule has 0 radical (unpaired) electrons. The summed E-state index contributed by atoms with van der Waals surface area (Å²) in [4.78, 5) is 23.6. The van der Waals surface area contributed by atoms with E-state index in [4.69, 9.17) is 10.5 Å². The Bertz CT molecular complexity index is 504. The summed E-state index contributed by atoms with van der Waals surface area (Å²) < 4.78 is 18.2. The Labute approximate surface area is 116 Å². The molecule has 2 amide bonds. The fraction of sp³-hybridized carbons (Fsp3) is 0.429. The molecule has 5 nitrogen and oxygen atoms in total. The number of hydrogen-bond acceptors (Lipinski definition) is 3. The van der Waals surface area contributed by atoms with E-state index in [0.717, 1.165) is 0 Å². The summed E-state index contributed by atoms with van der Waals surface area (Å²) in [7, 11) is 0. The van der Waals surface area contributed by atoms with E-state index in [9.17, 15) is 14.0 Å². The van der Waals surface area contributed by atoms with Gasteiger partial charge in [-0.15, -0.1) is 0 Å². The molecule has 0 aromatic heterocycles. The molecule has 0 unspecified atom stereocenters. The number of rotatable bonds is 4. The molecule has 2 rings (SSSR count). The molecule has 1 saturated heterocycles. The number of carbonyl (C=O) groups is 2. The number of benzene rings is 1. The van der Waals surface area contributed by atoms with Gasteiger partial charge in [0.15, 0.2) is 0 Å². The monoisotopic (exact) mass is 280 g/mol. The van der Waals surface area contributed by atoms with E-state index in [1.54, 1.807) is 0 Å². The maximum Gasteiger partial charge on any atom is 0.244 e. The van der Waals surface area contributed by atoms with E-state index < -0.39 is 17.8 Å². The third kappa shape index (κ3) is 3.14. The molecular formula is C14H17FN2O3. The van der Waals surface area contributed by atoms with Crippen LogP contribution in [0.2, 0.25) is 0 Å². The number of nitrogens with two attached hydrogens (primary N) is 1. The Morgan fingerprint density at radius 2 is 2.05 bits per heavy atom. The molecular weight excluding hydrogens is 263 g/mol. The quantitative estimate of drug-likeness (QED) is 0.859. The lowest BCUT2D eigenvalue weighted by atomic mass is 10.00. The van der Waals surface area contributed by atoms with Gasteiger partial charge in [0, 0.05) is 6.61 Å². The van der Waals surface area contributed by atoms with Crippen LogP contribution in [0.5, 0.6) is 0 Å². The van der Waals surface area contributed by atoms with Gasteiger partial charge < -0.3 is 15.8 Å². The first-order valence-corrected chi connectivity index (χ1v) is 6.46. The fourth-order valence-electron chi connectivity index (χ4n) is 2.30. The second-order valence-electron chi connectivity index (χ2n) is 4.87. The van der Waals surface area contributed by atoms with Gasteiger partial charge in [-0.05, 0) is 31.0 Å². The van der Waals surface area contributed by atoms with Crippen molar-refractivity contribution in [3.05, 3.63) is 35.6 Å². The minimum atomic E-state index is -0.962. The summed E-state index contributed by atoms with van der Waals surface area (Å²) in [5.41, 5.74) is 5.77. The highest BCUT2D eigenvalue weighted by atomic mass is 19.1. The van der Waals surface area contributed by atoms with Crippen molar-refractivity contribution >= 4 is 11.8 Å². The summed E-state index contributed by atoms with van der Waals surface area (Å²) >= 11 is 0. The fourth-order valence-corrected chi connectivity index (χ4v) is 2.30. The SMILES string of the molecule is C[C@@H]1OCC[C@H]1C(=O)N[C@H](C(N)=O)c1ccc(F)cc1. The van der Waals surface area contributed by atoms with Gasteiger partial charge in [-0.1, -0.05) is 12.1 Å². The van der Waals surface area contributed by atoms with Crippen LogP contribution >= 0.6 is 0 Å². The van der Waals surface area contributed by atoms with Crippen LogP contribution in [-0.2, 0) is 14.3 Å². The molecule has 0 aliphatic carbocycles. The van der Waals surface area contributed by atoms with Gasteiger partial charge in [-0.25, -0.2) is 4.39 Å². The van der Waals surface area contributed by atoms with Crippen LogP contribution in [0, 0.1) is 11.7 Å². The lowest BCUT2D eigenvalue weighted by Crippen LogP contribution is -2.42. The highest BCUT2D eigenvalue weighted by Crippen LogP contribution is 2.22. The van der Waals surface area contributed by atoms with E-state index >= 15 is 0 Å². The van der Waals surface area contributed by atoms with Crippen LogP contribution < -0.4 is 11.1 Å². The van der Waals surface area contributed by atoms with Crippen molar-refractivity contribution < 1.29 is 18.7 Å². The van der Waals surface area contributed by atoms with Crippen LogP contribution in [-0.4, -0.2) is 24.5 Å². The number of primary amides is 1. The molecule has 3 N–H and O–H groups in total. The van der Waals surface area contributed by atoms with Crippen LogP contribution in [0.15, 0.2) is 24.3 Å². The normalized spacial score (nSPS) is 23.3. The van der Waals surface area contributed by atoms with E-state index in [1.165, 1.54) is 24.3 Å². The molecule has 0 saturated carbocycles. The molecule has 1 heterocycles. The van der Waals surface area contributed by atoms with Crippen molar-refractivity contribution in [2.45, 2.75) is 25.5 Å². The van der Waals surface area contributed by atoms with Crippen molar-refractivity contribution in [1.82, 2.24) is 5.32 Å². The van der Waals surface area contributed by atoms with Gasteiger partial charge in [0.05, 0.1) is 12.0 Å². The average Bonchev–Trinajstić information content (AvgIpc) is 2.83. The molecule has 1 aliphatic heterocycles. The topological polar surface area (TPSA) is 81.4 Å². The standard InChI is InChI=1S/C14H17FN2O3/c1-8-11(6-7-20-8)14(19)17-12(13(16)18)9-2-4-10(15)5-3-9/h2-5,8,11-12H,6-7H2,1H3,(H2,16,18)(H,17,19)/t8-,11+,12-/m0/s1. The molecule has 1 aromatic carbocycles. The van der Waals surface area contributed by atoms with Crippen molar-refractivity contribution in [2.75, 3.05) is 6.61 Å². The summed E-state index contributed by atoms with van der Waals surface area (Å²) in [5, 5.41) is 2.61. The van der Waals surface area contributed by atoms with E-state index in [1.807, 2.05) is 6.92 Å². The van der Waals surface area contributed by atoms with Crippen LogP contribution in [0.1, 0.15) is 24.9 Å².